The zero-order valence-corrected chi connectivity index (χ0v) is 12.3. The van der Waals surface area contributed by atoms with Gasteiger partial charge in [-0.1, -0.05) is 0 Å². The Morgan fingerprint density at radius 2 is 1.83 bits per heavy atom. The molecule has 5 nitrogen and oxygen atoms in total. The minimum atomic E-state index is -4.57. The number of imidazole rings is 1. The number of ether oxygens (including phenoxy) is 1. The number of carboxylic acids is 1. The summed E-state index contributed by atoms with van der Waals surface area (Å²) in [5.41, 5.74) is -0.612. The molecule has 0 aliphatic heterocycles. The van der Waals surface area contributed by atoms with Crippen LogP contribution in [-0.2, 0) is 6.18 Å². The summed E-state index contributed by atoms with van der Waals surface area (Å²) in [7, 11) is 1.49. The summed E-state index contributed by atoms with van der Waals surface area (Å²) in [6.45, 7) is 0. The molecule has 0 saturated carbocycles. The van der Waals surface area contributed by atoms with E-state index in [1.54, 1.807) is 24.3 Å². The number of hydrogen-bond acceptors (Lipinski definition) is 3. The van der Waals surface area contributed by atoms with E-state index in [9.17, 15) is 23.1 Å². The lowest BCUT2D eigenvalue weighted by molar-refractivity contribution is -0.137. The Morgan fingerprint density at radius 1 is 1.17 bits per heavy atom. The predicted octanol–water partition coefficient (Wildman–Crippen LogP) is 3.73. The fourth-order valence-corrected chi connectivity index (χ4v) is 2.37. The third kappa shape index (κ3) is 2.66. The van der Waals surface area contributed by atoms with Gasteiger partial charge in [0.15, 0.2) is 5.69 Å². The number of rotatable bonds is 3. The zero-order valence-electron chi connectivity index (χ0n) is 12.3. The van der Waals surface area contributed by atoms with Gasteiger partial charge >= 0.3 is 12.1 Å². The molecule has 0 radical (unpaired) electrons. The first-order valence-electron chi connectivity index (χ1n) is 6.78. The average Bonchev–Trinajstić information content (AvgIpc) is 2.92. The molecule has 2 heterocycles. The van der Waals surface area contributed by atoms with Gasteiger partial charge in [0.2, 0.25) is 0 Å². The summed E-state index contributed by atoms with van der Waals surface area (Å²) >= 11 is 0. The Morgan fingerprint density at radius 3 is 2.38 bits per heavy atom. The number of halogens is 3. The molecule has 0 fully saturated rings. The van der Waals surface area contributed by atoms with Crippen LogP contribution in [0.3, 0.4) is 0 Å². The second kappa shape index (κ2) is 5.55. The van der Waals surface area contributed by atoms with E-state index >= 15 is 0 Å². The highest BCUT2D eigenvalue weighted by Crippen LogP contribution is 2.32. The third-order valence-corrected chi connectivity index (χ3v) is 3.51. The molecule has 2 aromatic heterocycles. The molecule has 8 heteroatoms. The number of benzene rings is 1. The average molecular weight is 336 g/mol. The van der Waals surface area contributed by atoms with Crippen LogP contribution in [0.25, 0.3) is 16.9 Å². The maximum Gasteiger partial charge on any atom is 0.417 e. The van der Waals surface area contributed by atoms with Crippen LogP contribution >= 0.6 is 0 Å². The number of methoxy groups -OCH3 is 1. The van der Waals surface area contributed by atoms with Gasteiger partial charge in [-0.05, 0) is 36.4 Å². The topological polar surface area (TPSA) is 63.8 Å². The molecule has 0 amide bonds. The van der Waals surface area contributed by atoms with Crippen molar-refractivity contribution in [1.29, 1.82) is 0 Å². The maximum atomic E-state index is 12.9. The lowest BCUT2D eigenvalue weighted by Crippen LogP contribution is -2.09. The van der Waals surface area contributed by atoms with E-state index in [-0.39, 0.29) is 17.0 Å². The minimum Gasteiger partial charge on any atom is -0.497 e. The quantitative estimate of drug-likeness (QED) is 0.792. The molecular formula is C16H11F3N2O3. The number of fused-ring (bicyclic) bond motifs is 1. The number of aromatic carboxylic acids is 1. The van der Waals surface area contributed by atoms with Crippen molar-refractivity contribution >= 4 is 11.6 Å². The third-order valence-electron chi connectivity index (χ3n) is 3.51. The van der Waals surface area contributed by atoms with E-state index in [0.29, 0.717) is 11.3 Å². The fraction of sp³-hybridized carbons (Fsp3) is 0.125. The number of pyridine rings is 1. The molecule has 3 rings (SSSR count). The van der Waals surface area contributed by atoms with Gasteiger partial charge in [0.1, 0.15) is 17.1 Å². The van der Waals surface area contributed by atoms with Gasteiger partial charge in [0, 0.05) is 11.8 Å². The van der Waals surface area contributed by atoms with Gasteiger partial charge in [0.25, 0.3) is 0 Å². The van der Waals surface area contributed by atoms with Crippen molar-refractivity contribution in [2.24, 2.45) is 0 Å². The van der Waals surface area contributed by atoms with Gasteiger partial charge in [0.05, 0.1) is 12.7 Å². The summed E-state index contributed by atoms with van der Waals surface area (Å²) in [6, 6.07) is 8.43. The van der Waals surface area contributed by atoms with Crippen LogP contribution in [0.15, 0.2) is 42.6 Å². The standard InChI is InChI=1S/C16H11F3N2O3/c1-24-11-5-2-9(3-6-11)13-14(15(22)23)21-8-10(16(17,18)19)4-7-12(21)20-13/h2-8H,1H3,(H,22,23). The van der Waals surface area contributed by atoms with Crippen LogP contribution in [0.2, 0.25) is 0 Å². The molecular weight excluding hydrogens is 325 g/mol. The van der Waals surface area contributed by atoms with E-state index in [1.807, 2.05) is 0 Å². The molecule has 0 atom stereocenters. The smallest absolute Gasteiger partial charge is 0.417 e. The number of carbonyl (C=O) groups is 1. The Kier molecular flexibility index (Phi) is 3.67. The first kappa shape index (κ1) is 15.9. The lowest BCUT2D eigenvalue weighted by Gasteiger charge is -2.07. The SMILES string of the molecule is COc1ccc(-c2nc3ccc(C(F)(F)F)cn3c2C(=O)O)cc1. The van der Waals surface area contributed by atoms with Gasteiger partial charge < -0.3 is 9.84 Å². The summed E-state index contributed by atoms with van der Waals surface area (Å²) in [4.78, 5) is 15.7. The molecule has 0 bridgehead atoms. The summed E-state index contributed by atoms with van der Waals surface area (Å²) in [5, 5.41) is 9.44. The molecule has 124 valence electrons. The highest BCUT2D eigenvalue weighted by Gasteiger charge is 2.32. The molecule has 0 unspecified atom stereocenters. The van der Waals surface area contributed by atoms with Gasteiger partial charge in [-0.15, -0.1) is 0 Å². The largest absolute Gasteiger partial charge is 0.497 e. The predicted molar refractivity (Wildman–Crippen MR) is 79.1 cm³/mol. The van der Waals surface area contributed by atoms with Gasteiger partial charge in [-0.3, -0.25) is 4.40 Å². The molecule has 0 spiro atoms. The second-order valence-electron chi connectivity index (χ2n) is 4.99. The number of nitrogens with zero attached hydrogens (tertiary/aromatic N) is 2. The van der Waals surface area contributed by atoms with E-state index in [4.69, 9.17) is 4.74 Å². The van der Waals surface area contributed by atoms with Gasteiger partial charge in [-0.25, -0.2) is 9.78 Å². The fourth-order valence-electron chi connectivity index (χ4n) is 2.37. The highest BCUT2D eigenvalue weighted by atomic mass is 19.4. The molecule has 0 aliphatic rings. The van der Waals surface area contributed by atoms with Crippen LogP contribution in [0.4, 0.5) is 13.2 Å². The van der Waals surface area contributed by atoms with Crippen molar-refractivity contribution < 1.29 is 27.8 Å². The Bertz CT molecular complexity index is 915. The molecule has 24 heavy (non-hydrogen) atoms. The normalized spacial score (nSPS) is 11.7. The zero-order chi connectivity index (χ0) is 17.5. The van der Waals surface area contributed by atoms with Crippen LogP contribution in [0, 0.1) is 0 Å². The number of aromatic nitrogens is 2. The van der Waals surface area contributed by atoms with E-state index in [0.717, 1.165) is 22.7 Å². The van der Waals surface area contributed by atoms with E-state index in [2.05, 4.69) is 4.98 Å². The summed E-state index contributed by atoms with van der Waals surface area (Å²) in [5.74, 6) is -0.800. The number of alkyl halides is 3. The van der Waals surface area contributed by atoms with E-state index < -0.39 is 17.7 Å². The Labute approximate surface area is 133 Å². The van der Waals surface area contributed by atoms with Crippen LogP contribution in [0.1, 0.15) is 16.1 Å². The monoisotopic (exact) mass is 336 g/mol. The minimum absolute atomic E-state index is 0.0875. The molecule has 1 N–H and O–H groups in total. The maximum absolute atomic E-state index is 12.9. The number of hydrogen-bond donors (Lipinski definition) is 1. The van der Waals surface area contributed by atoms with Crippen molar-refractivity contribution in [3.63, 3.8) is 0 Å². The second-order valence-corrected chi connectivity index (χ2v) is 4.99. The van der Waals surface area contributed by atoms with Crippen molar-refractivity contribution in [2.45, 2.75) is 6.18 Å². The summed E-state index contributed by atoms with van der Waals surface area (Å²) < 4.78 is 44.6. The molecule has 0 saturated heterocycles. The Hall–Kier alpha value is -3.03. The van der Waals surface area contributed by atoms with Crippen LogP contribution in [-0.4, -0.2) is 27.6 Å². The van der Waals surface area contributed by atoms with Crippen molar-refractivity contribution in [2.75, 3.05) is 7.11 Å². The Balaban J connectivity index is 2.24. The van der Waals surface area contributed by atoms with Crippen molar-refractivity contribution in [3.05, 3.63) is 53.9 Å². The van der Waals surface area contributed by atoms with Crippen LogP contribution in [0.5, 0.6) is 5.75 Å². The number of carboxylic acid groups (broad SMARTS) is 1. The first-order chi connectivity index (χ1) is 11.3. The molecule has 3 aromatic rings. The van der Waals surface area contributed by atoms with Crippen molar-refractivity contribution in [3.8, 4) is 17.0 Å². The molecule has 1 aromatic carbocycles. The molecule has 0 aliphatic carbocycles. The van der Waals surface area contributed by atoms with Gasteiger partial charge in [-0.2, -0.15) is 13.2 Å². The van der Waals surface area contributed by atoms with E-state index in [1.165, 1.54) is 7.11 Å². The van der Waals surface area contributed by atoms with Crippen LogP contribution < -0.4 is 4.74 Å². The lowest BCUT2D eigenvalue weighted by atomic mass is 10.1. The first-order valence-corrected chi connectivity index (χ1v) is 6.78. The highest BCUT2D eigenvalue weighted by molar-refractivity contribution is 5.94. The summed E-state index contributed by atoms with van der Waals surface area (Å²) in [6.07, 6.45) is -3.84. The van der Waals surface area contributed by atoms with Crippen molar-refractivity contribution in [1.82, 2.24) is 9.38 Å².